The van der Waals surface area contributed by atoms with E-state index in [1.54, 1.807) is 54.6 Å². The second kappa shape index (κ2) is 36.7. The molecule has 0 amide bonds. The monoisotopic (exact) mass is 1820 g/mol. The van der Waals surface area contributed by atoms with E-state index >= 15 is 0 Å². The van der Waals surface area contributed by atoms with Crippen LogP contribution in [-0.2, 0) is 96.6 Å². The highest BCUT2D eigenvalue weighted by Gasteiger charge is 2.54. The molecule has 9 heterocycles. The van der Waals surface area contributed by atoms with Gasteiger partial charge in [-0.1, -0.05) is 115 Å². The summed E-state index contributed by atoms with van der Waals surface area (Å²) in [6.45, 7) is 0.848. The largest absolute Gasteiger partial charge is 0.454 e. The van der Waals surface area contributed by atoms with Gasteiger partial charge in [-0.3, -0.25) is 38.9 Å². The standard InChI is InChI=1S/C28H28N2O6S.C26H26N2O6S.C24H22N2O5S.C22H18N2O3.H2/c31-17-22-4-2-14-30(22)37(33,34)23-9-6-19(7-10-23)24-5-1-3-21(29-24)16-27(32)28(12-13-28)20-8-11-25-26(15-20)36-18-35-25;1-28(13-14-29)35(31,32)21-8-5-18(6-9-21)22-4-2-3-20(27-22)16-25(30)26(11-12-26)19-7-10-23-24(15-19)34-17-33-23;1-32(28,29)26-20-7-3-2-6-18(20)19-8-4-5-17(25-19)14-23(27)24(11-12-24)16-9-10-21-22(13-16)31-15-30-21;25-21(13-17-7-8-18(24-23-17)15-4-2-1-3-5-15)22(10-11-22)16-6-9-19-20(12-16)27-14-26-19;/h1,3,5-11,15,22,31H,2,4,12-14,16-18H2;2-10,15,29H,11-14,16-17H2,1H3;2-10,13,26H,11-12,14-15H2,1H3;1-9,12H,10-11,13-14H2;1H/t22-;;;;/m1..../s1. The minimum atomic E-state index is -3.67. The number of fused-ring (bicyclic) bond motifs is 4. The lowest BCUT2D eigenvalue weighted by molar-refractivity contribution is -0.121. The van der Waals surface area contributed by atoms with Crippen molar-refractivity contribution in [2.75, 3.05) is 71.5 Å². The lowest BCUT2D eigenvalue weighted by Crippen LogP contribution is -2.37. The lowest BCUT2D eigenvalue weighted by atomic mass is 9.88. The molecule has 12 aromatic rings. The first-order chi connectivity index (χ1) is 63.3. The van der Waals surface area contributed by atoms with E-state index in [1.165, 1.54) is 23.5 Å². The molecule has 4 aliphatic carbocycles. The van der Waals surface area contributed by atoms with Gasteiger partial charge in [0.25, 0.3) is 0 Å². The number of aromatic nitrogens is 5. The maximum absolute atomic E-state index is 13.4. The summed E-state index contributed by atoms with van der Waals surface area (Å²) in [6, 6.07) is 73.0. The molecule has 3 N–H and O–H groups in total. The molecular formula is C100H96N8O20S3. The van der Waals surface area contributed by atoms with Crippen LogP contribution in [0, 0.1) is 0 Å². The van der Waals surface area contributed by atoms with Gasteiger partial charge in [0.1, 0.15) is 23.1 Å². The Morgan fingerprint density at radius 2 is 0.794 bits per heavy atom. The Hall–Kier alpha value is -13.1. The van der Waals surface area contributed by atoms with E-state index in [4.69, 9.17) is 48.0 Å². The SMILES string of the molecule is CN(CCO)S(=O)(=O)c1ccc(-c2cccc(CC(=O)C3(c4ccc5c(c4)OCO5)CC3)n2)cc1.CS(=O)(=O)Nc1ccccc1-c1cccc(CC(=O)C2(c3ccc4c(c3)OCO4)CC2)n1.O=C(Cc1ccc(-c2ccccc2)nn1)C1(c2ccc3c(c2)OCO3)CC1.O=C(Cc1cccc(-c2ccc(S(=O)(=O)N3CCC[C@@H]3CO)cc2)n1)C1(c2ccc3c(c2)OCO3)CC1.[HH]. The number of para-hydroxylation sites is 1. The Balaban J connectivity index is 0.000000123. The minimum Gasteiger partial charge on any atom is -0.454 e. The number of pyridine rings is 3. The fourth-order valence-corrected chi connectivity index (χ4v) is 20.8. The van der Waals surface area contributed by atoms with Crippen LogP contribution in [0.5, 0.6) is 46.0 Å². The van der Waals surface area contributed by atoms with Gasteiger partial charge in [-0.05, 0) is 214 Å². The van der Waals surface area contributed by atoms with Gasteiger partial charge in [0.05, 0.1) is 91.5 Å². The van der Waals surface area contributed by atoms with Crippen LogP contribution in [0.2, 0.25) is 0 Å². The molecule has 131 heavy (non-hydrogen) atoms. The zero-order valence-corrected chi connectivity index (χ0v) is 74.3. The fourth-order valence-electron chi connectivity index (χ4n) is 17.4. The molecule has 4 aromatic heterocycles. The molecule has 0 spiro atoms. The third-order valence-electron chi connectivity index (χ3n) is 25.5. The molecule has 0 radical (unpaired) electrons. The fraction of sp³-hybridized carbons (Fsp3) is 0.290. The van der Waals surface area contributed by atoms with Gasteiger partial charge in [0, 0.05) is 86.2 Å². The molecule has 21 rings (SSSR count). The Labute approximate surface area is 759 Å². The number of rotatable bonds is 29. The third kappa shape index (κ3) is 18.9. The van der Waals surface area contributed by atoms with Gasteiger partial charge in [-0.2, -0.15) is 18.8 Å². The van der Waals surface area contributed by atoms with Crippen molar-refractivity contribution in [2.24, 2.45) is 0 Å². The molecule has 31 heteroatoms. The molecule has 674 valence electrons. The summed E-state index contributed by atoms with van der Waals surface area (Å²) in [5, 5.41) is 27.1. The number of hydrogen-bond donors (Lipinski definition) is 3. The number of benzene rings is 8. The summed E-state index contributed by atoms with van der Waals surface area (Å²) in [4.78, 5) is 67.4. The first kappa shape index (κ1) is 88.5. The summed E-state index contributed by atoms with van der Waals surface area (Å²) in [5.41, 5.74) is 11.0. The van der Waals surface area contributed by atoms with Gasteiger partial charge < -0.3 is 48.1 Å². The smallest absolute Gasteiger partial charge is 0.243 e. The molecule has 4 saturated carbocycles. The van der Waals surface area contributed by atoms with E-state index < -0.39 is 51.7 Å². The van der Waals surface area contributed by atoms with Crippen molar-refractivity contribution in [3.8, 4) is 91.0 Å². The Kier molecular flexibility index (Phi) is 24.8. The average molecular weight is 1830 g/mol. The van der Waals surface area contributed by atoms with Crippen molar-refractivity contribution in [1.29, 1.82) is 0 Å². The lowest BCUT2D eigenvalue weighted by Gasteiger charge is -2.22. The second-order valence-electron chi connectivity index (χ2n) is 33.9. The summed E-state index contributed by atoms with van der Waals surface area (Å²) >= 11 is 0. The van der Waals surface area contributed by atoms with Crippen molar-refractivity contribution in [3.63, 3.8) is 0 Å². The van der Waals surface area contributed by atoms with Crippen LogP contribution in [0.15, 0.2) is 252 Å². The van der Waals surface area contributed by atoms with E-state index in [9.17, 15) is 49.5 Å². The maximum Gasteiger partial charge on any atom is 0.243 e. The van der Waals surface area contributed by atoms with Gasteiger partial charge >= 0.3 is 0 Å². The maximum atomic E-state index is 13.4. The number of ketones is 4. The predicted octanol–water partition coefficient (Wildman–Crippen LogP) is 14.1. The van der Waals surface area contributed by atoms with Crippen molar-refractivity contribution in [1.82, 2.24) is 33.8 Å². The molecule has 0 unspecified atom stereocenters. The van der Waals surface area contributed by atoms with Gasteiger partial charge in [-0.25, -0.2) is 25.3 Å². The van der Waals surface area contributed by atoms with E-state index in [0.717, 1.165) is 124 Å². The molecule has 1 saturated heterocycles. The van der Waals surface area contributed by atoms with E-state index in [-0.39, 0.29) is 113 Å². The normalized spacial score (nSPS) is 17.2. The van der Waals surface area contributed by atoms with Crippen LogP contribution in [0.3, 0.4) is 0 Å². The highest BCUT2D eigenvalue weighted by molar-refractivity contribution is 7.92. The molecule has 0 bridgehead atoms. The van der Waals surface area contributed by atoms with Crippen molar-refractivity contribution < 1.29 is 94.0 Å². The number of aliphatic hydroxyl groups is 2. The first-order valence-corrected chi connectivity index (χ1v) is 48.1. The third-order valence-corrected chi connectivity index (χ3v) is 29.9. The quantitative estimate of drug-likeness (QED) is 0.0392. The van der Waals surface area contributed by atoms with Crippen LogP contribution in [-0.4, -0.2) is 165 Å². The van der Waals surface area contributed by atoms with Crippen LogP contribution in [0.1, 0.15) is 111 Å². The van der Waals surface area contributed by atoms with Gasteiger partial charge in [0.15, 0.2) is 46.0 Å². The number of Topliss-reactive ketones (excluding diaryl/α,β-unsaturated/α-hetero) is 4. The Morgan fingerprint density at radius 1 is 0.412 bits per heavy atom. The van der Waals surface area contributed by atoms with Crippen molar-refractivity contribution >= 4 is 58.9 Å². The Morgan fingerprint density at radius 3 is 1.19 bits per heavy atom. The minimum absolute atomic E-state index is 0. The molecule has 5 fully saturated rings. The number of likely N-dealkylation sites (N-methyl/N-ethyl adjacent to an activating group) is 1. The van der Waals surface area contributed by atoms with Gasteiger partial charge in [-0.15, -0.1) is 0 Å². The number of nitrogens with zero attached hydrogens (tertiary/aromatic N) is 7. The Bertz CT molecular complexity index is 6740. The molecule has 8 aromatic carbocycles. The summed E-state index contributed by atoms with van der Waals surface area (Å²) in [7, 11) is -9.35. The molecule has 1 atom stereocenters. The highest BCUT2D eigenvalue weighted by atomic mass is 32.2. The average Bonchev–Trinajstić information content (AvgIpc) is 1.60. The number of ether oxygens (including phenoxy) is 8. The van der Waals surface area contributed by atoms with Crippen molar-refractivity contribution in [3.05, 3.63) is 288 Å². The molecule has 9 aliphatic rings. The summed E-state index contributed by atoms with van der Waals surface area (Å²) in [6.07, 6.45) is 9.95. The second-order valence-corrected chi connectivity index (χ2v) is 39.6. The van der Waals surface area contributed by atoms with Crippen LogP contribution < -0.4 is 42.6 Å². The summed E-state index contributed by atoms with van der Waals surface area (Å²) in [5.74, 6) is 6.14. The number of hydrogen-bond acceptors (Lipinski definition) is 25. The highest BCUT2D eigenvalue weighted by Crippen LogP contribution is 2.56. The zero-order valence-electron chi connectivity index (χ0n) is 71.8. The molecule has 5 aliphatic heterocycles. The number of carbonyl (C=O) groups excluding carboxylic acids is 4. The van der Waals surface area contributed by atoms with Crippen molar-refractivity contribution in [2.45, 2.75) is 127 Å². The molecular weight excluding hydrogens is 1730 g/mol. The number of nitrogens with one attached hydrogen (secondary N) is 1. The number of carbonyl (C=O) groups is 4. The van der Waals surface area contributed by atoms with Gasteiger partial charge in [0.2, 0.25) is 57.2 Å². The topological polar surface area (TPSA) is 368 Å². The van der Waals surface area contributed by atoms with E-state index in [1.807, 2.05) is 176 Å². The van der Waals surface area contributed by atoms with E-state index in [0.29, 0.717) is 98.6 Å². The number of anilines is 1. The van der Waals surface area contributed by atoms with Crippen LogP contribution in [0.4, 0.5) is 5.69 Å². The van der Waals surface area contributed by atoms with Crippen LogP contribution in [0.25, 0.3) is 45.0 Å². The molecule has 28 nitrogen and oxygen atoms in total. The first-order valence-electron chi connectivity index (χ1n) is 43.3. The number of aliphatic hydroxyl groups excluding tert-OH is 2. The van der Waals surface area contributed by atoms with E-state index in [2.05, 4.69) is 24.9 Å². The number of sulfonamides is 3. The van der Waals surface area contributed by atoms with Crippen LogP contribution >= 0.6 is 0 Å². The summed E-state index contributed by atoms with van der Waals surface area (Å²) < 4.78 is 123. The predicted molar refractivity (Wildman–Crippen MR) is 487 cm³/mol. The zero-order chi connectivity index (χ0) is 90.9.